The molecule has 4 aliphatic carbocycles. The normalized spacial score (nSPS) is 48.0. The second-order valence-electron chi connectivity index (χ2n) is 11.9. The number of Topliss-reactive ketones (excluding diaryl/α,β-unsaturated/α-hetero) is 1. The van der Waals surface area contributed by atoms with Gasteiger partial charge < -0.3 is 24.8 Å². The van der Waals surface area contributed by atoms with Crippen LogP contribution >= 0.6 is 0 Å². The molecule has 0 amide bonds. The SMILES string of the molecule is C[C@]12CC[C@H](O[C@@H]3O[C@H](C(=O)O)[C@@H](O)[C@H](OS(=O)(=O)O)[C@H]3O)CC1=CC[C@@H]1[C@@H]2CC[C@]2(C)C(=O)CC[C@@H]12. The Morgan fingerprint density at radius 3 is 2.43 bits per heavy atom. The standard InChI is InChI=1S/C25H36O11S/c1-24-9-7-13(34-23-19(28)20(36-37(31,32)33)18(27)21(35-23)22(29)30)11-12(24)3-4-14-15-5-6-17(26)25(15,2)10-8-16(14)24/h3,13-16,18-21,23,27-28H,4-11H2,1-2H3,(H,29,30)(H,31,32,33)/t13-,14-,15-,16-,18-,19+,20-,21-,23+,24-,25-/m0/s1. The average Bonchev–Trinajstić information content (AvgIpc) is 3.12. The zero-order chi connectivity index (χ0) is 26.9. The molecule has 3 saturated carbocycles. The van der Waals surface area contributed by atoms with Gasteiger partial charge in [0, 0.05) is 11.8 Å². The third-order valence-corrected chi connectivity index (χ3v) is 10.6. The molecule has 1 saturated heterocycles. The van der Waals surface area contributed by atoms with Gasteiger partial charge in [0.25, 0.3) is 0 Å². The van der Waals surface area contributed by atoms with E-state index in [-0.39, 0.29) is 10.8 Å². The summed E-state index contributed by atoms with van der Waals surface area (Å²) in [7, 11) is -5.10. The van der Waals surface area contributed by atoms with Gasteiger partial charge in [-0.3, -0.25) is 9.35 Å². The summed E-state index contributed by atoms with van der Waals surface area (Å²) in [5.74, 6) is 0.153. The van der Waals surface area contributed by atoms with Crippen LogP contribution in [0.1, 0.15) is 65.2 Å². The van der Waals surface area contributed by atoms with Crippen LogP contribution in [0.5, 0.6) is 0 Å². The largest absolute Gasteiger partial charge is 0.479 e. The number of aliphatic carboxylic acids is 1. The maximum Gasteiger partial charge on any atom is 0.397 e. The Kier molecular flexibility index (Phi) is 6.87. The van der Waals surface area contributed by atoms with E-state index < -0.39 is 53.2 Å². The molecule has 1 aliphatic heterocycles. The number of fused-ring (bicyclic) bond motifs is 5. The van der Waals surface area contributed by atoms with E-state index in [1.807, 2.05) is 0 Å². The quantitative estimate of drug-likeness (QED) is 0.292. The Labute approximate surface area is 216 Å². The van der Waals surface area contributed by atoms with E-state index in [2.05, 4.69) is 24.1 Å². The number of carbonyl (C=O) groups is 2. The Morgan fingerprint density at radius 2 is 1.76 bits per heavy atom. The molecule has 37 heavy (non-hydrogen) atoms. The smallest absolute Gasteiger partial charge is 0.397 e. The number of allylic oxidation sites excluding steroid dienone is 1. The second-order valence-corrected chi connectivity index (χ2v) is 13.0. The monoisotopic (exact) mass is 544 g/mol. The molecule has 4 N–H and O–H groups in total. The zero-order valence-electron chi connectivity index (χ0n) is 21.0. The molecule has 0 bridgehead atoms. The molecular formula is C25H36O11S. The van der Waals surface area contributed by atoms with Gasteiger partial charge in [-0.05, 0) is 68.1 Å². The molecule has 0 radical (unpaired) electrons. The Bertz CT molecular complexity index is 1090. The van der Waals surface area contributed by atoms with Crippen molar-refractivity contribution in [3.05, 3.63) is 11.6 Å². The minimum Gasteiger partial charge on any atom is -0.479 e. The lowest BCUT2D eigenvalue weighted by Crippen LogP contribution is -2.62. The van der Waals surface area contributed by atoms with Crippen molar-refractivity contribution >= 4 is 22.2 Å². The summed E-state index contributed by atoms with van der Waals surface area (Å²) in [5.41, 5.74) is 0.991. The minimum absolute atomic E-state index is 0.0435. The first-order valence-electron chi connectivity index (χ1n) is 13.0. The molecule has 0 aromatic heterocycles. The lowest BCUT2D eigenvalue weighted by molar-refractivity contribution is -0.302. The molecule has 11 atom stereocenters. The fourth-order valence-electron chi connectivity index (χ4n) is 8.11. The number of ether oxygens (including phenoxy) is 2. The molecule has 0 aromatic carbocycles. The highest BCUT2D eigenvalue weighted by Gasteiger charge is 2.59. The third kappa shape index (κ3) is 4.58. The summed E-state index contributed by atoms with van der Waals surface area (Å²) in [6.07, 6.45) is -1.18. The molecule has 0 unspecified atom stereocenters. The topological polar surface area (TPSA) is 177 Å². The average molecular weight is 545 g/mol. The van der Waals surface area contributed by atoms with Crippen molar-refractivity contribution in [2.24, 2.45) is 28.6 Å². The molecule has 208 valence electrons. The predicted octanol–water partition coefficient (Wildman–Crippen LogP) is 1.62. The molecule has 12 heteroatoms. The van der Waals surface area contributed by atoms with Crippen molar-refractivity contribution in [1.82, 2.24) is 0 Å². The van der Waals surface area contributed by atoms with Crippen molar-refractivity contribution in [2.45, 2.75) is 102 Å². The van der Waals surface area contributed by atoms with E-state index in [0.717, 1.165) is 32.1 Å². The van der Waals surface area contributed by atoms with Gasteiger partial charge >= 0.3 is 16.4 Å². The first-order chi connectivity index (χ1) is 17.2. The van der Waals surface area contributed by atoms with Gasteiger partial charge in [-0.15, -0.1) is 0 Å². The van der Waals surface area contributed by atoms with Crippen LogP contribution in [0.15, 0.2) is 11.6 Å². The van der Waals surface area contributed by atoms with Crippen LogP contribution in [0.2, 0.25) is 0 Å². The number of rotatable bonds is 5. The molecular weight excluding hydrogens is 508 g/mol. The van der Waals surface area contributed by atoms with Crippen LogP contribution in [0, 0.1) is 28.6 Å². The highest BCUT2D eigenvalue weighted by Crippen LogP contribution is 2.64. The molecule has 11 nitrogen and oxygen atoms in total. The van der Waals surface area contributed by atoms with Crippen molar-refractivity contribution in [3.8, 4) is 0 Å². The first kappa shape index (κ1) is 27.2. The molecule has 0 aromatic rings. The summed E-state index contributed by atoms with van der Waals surface area (Å²) in [4.78, 5) is 24.2. The second kappa shape index (κ2) is 9.35. The highest BCUT2D eigenvalue weighted by atomic mass is 32.3. The fourth-order valence-corrected chi connectivity index (χ4v) is 8.62. The van der Waals surface area contributed by atoms with Crippen LogP contribution in [0.25, 0.3) is 0 Å². The maximum atomic E-state index is 12.6. The number of carbonyl (C=O) groups excluding carboxylic acids is 1. The Hall–Kier alpha value is -1.41. The number of aliphatic hydroxyl groups excluding tert-OH is 2. The van der Waals surface area contributed by atoms with Gasteiger partial charge in [-0.2, -0.15) is 8.42 Å². The van der Waals surface area contributed by atoms with Gasteiger partial charge in [0.2, 0.25) is 0 Å². The number of hydrogen-bond donors (Lipinski definition) is 4. The fraction of sp³-hybridized carbons (Fsp3) is 0.840. The van der Waals surface area contributed by atoms with Gasteiger partial charge in [-0.1, -0.05) is 25.5 Å². The summed E-state index contributed by atoms with van der Waals surface area (Å²) < 4.78 is 47.2. The van der Waals surface area contributed by atoms with Crippen LogP contribution < -0.4 is 0 Å². The Morgan fingerprint density at radius 1 is 1.08 bits per heavy atom. The highest BCUT2D eigenvalue weighted by molar-refractivity contribution is 7.80. The molecule has 0 spiro atoms. The predicted molar refractivity (Wildman–Crippen MR) is 126 cm³/mol. The molecule has 4 fully saturated rings. The van der Waals surface area contributed by atoms with Crippen molar-refractivity contribution in [2.75, 3.05) is 0 Å². The Balaban J connectivity index is 1.31. The van der Waals surface area contributed by atoms with E-state index in [9.17, 15) is 33.3 Å². The summed E-state index contributed by atoms with van der Waals surface area (Å²) in [6, 6.07) is 0. The van der Waals surface area contributed by atoms with E-state index in [4.69, 9.17) is 14.0 Å². The van der Waals surface area contributed by atoms with Gasteiger partial charge in [0.15, 0.2) is 12.4 Å². The molecule has 5 rings (SSSR count). The summed E-state index contributed by atoms with van der Waals surface area (Å²) in [5, 5.41) is 30.2. The van der Waals surface area contributed by atoms with Crippen LogP contribution in [-0.2, 0) is 33.6 Å². The maximum absolute atomic E-state index is 12.6. The van der Waals surface area contributed by atoms with E-state index >= 15 is 0 Å². The van der Waals surface area contributed by atoms with Gasteiger partial charge in [0.1, 0.15) is 24.1 Å². The van der Waals surface area contributed by atoms with Crippen LogP contribution in [0.4, 0.5) is 0 Å². The molecule has 5 aliphatic rings. The summed E-state index contributed by atoms with van der Waals surface area (Å²) >= 11 is 0. The van der Waals surface area contributed by atoms with Crippen molar-refractivity contribution in [3.63, 3.8) is 0 Å². The van der Waals surface area contributed by atoms with Gasteiger partial charge in [0.05, 0.1) is 6.10 Å². The zero-order valence-corrected chi connectivity index (χ0v) is 21.8. The van der Waals surface area contributed by atoms with E-state index in [0.29, 0.717) is 42.8 Å². The lowest BCUT2D eigenvalue weighted by atomic mass is 9.48. The number of ketones is 1. The number of hydrogen-bond acceptors (Lipinski definition) is 9. The van der Waals surface area contributed by atoms with E-state index in [1.165, 1.54) is 5.57 Å². The summed E-state index contributed by atoms with van der Waals surface area (Å²) in [6.45, 7) is 4.43. The van der Waals surface area contributed by atoms with Gasteiger partial charge in [-0.25, -0.2) is 8.98 Å². The number of aliphatic hydroxyl groups is 2. The molecule has 1 heterocycles. The number of carboxylic acids is 1. The third-order valence-electron chi connectivity index (χ3n) is 10.1. The van der Waals surface area contributed by atoms with E-state index in [1.54, 1.807) is 0 Å². The van der Waals surface area contributed by atoms with Crippen molar-refractivity contribution in [1.29, 1.82) is 0 Å². The van der Waals surface area contributed by atoms with Crippen LogP contribution in [0.3, 0.4) is 0 Å². The minimum atomic E-state index is -5.10. The van der Waals surface area contributed by atoms with Crippen molar-refractivity contribution < 1.29 is 51.5 Å². The number of carboxylic acid groups (broad SMARTS) is 1. The lowest BCUT2D eigenvalue weighted by Gasteiger charge is -2.57. The van der Waals surface area contributed by atoms with Crippen LogP contribution in [-0.4, -0.2) is 76.9 Å². The first-order valence-corrected chi connectivity index (χ1v) is 14.4.